The van der Waals surface area contributed by atoms with Gasteiger partial charge in [-0.05, 0) is 63.1 Å². The van der Waals surface area contributed by atoms with Crippen LogP contribution in [0.3, 0.4) is 0 Å². The molecule has 0 bridgehead atoms. The van der Waals surface area contributed by atoms with Crippen LogP contribution in [0.25, 0.3) is 0 Å². The summed E-state index contributed by atoms with van der Waals surface area (Å²) in [5.41, 5.74) is 1.69. The van der Waals surface area contributed by atoms with Crippen LogP contribution >= 0.6 is 0 Å². The highest BCUT2D eigenvalue weighted by atomic mass is 28.3. The highest BCUT2D eigenvalue weighted by molar-refractivity contribution is 6.76. The first-order valence-corrected chi connectivity index (χ1v) is 16.5. The van der Waals surface area contributed by atoms with Crippen LogP contribution in [0.4, 0.5) is 4.79 Å². The molecule has 0 saturated carbocycles. The van der Waals surface area contributed by atoms with Gasteiger partial charge in [0.05, 0.1) is 5.92 Å². The van der Waals surface area contributed by atoms with Crippen LogP contribution in [-0.2, 0) is 19.1 Å². The summed E-state index contributed by atoms with van der Waals surface area (Å²) in [6, 6.07) is 9.25. The number of rotatable bonds is 7. The Morgan fingerprint density at radius 3 is 2.17 bits per heavy atom. The van der Waals surface area contributed by atoms with E-state index in [1.807, 2.05) is 32.9 Å². The lowest BCUT2D eigenvalue weighted by Gasteiger charge is -2.34. The van der Waals surface area contributed by atoms with Crippen molar-refractivity contribution in [1.29, 1.82) is 0 Å². The third kappa shape index (κ3) is 7.90. The van der Waals surface area contributed by atoms with Crippen molar-refractivity contribution < 1.29 is 23.9 Å². The molecule has 2 heterocycles. The lowest BCUT2D eigenvalue weighted by atomic mass is 9.85. The van der Waals surface area contributed by atoms with Gasteiger partial charge in [0.2, 0.25) is 11.8 Å². The van der Waals surface area contributed by atoms with E-state index in [4.69, 9.17) is 9.47 Å². The number of hydrogen-bond acceptors (Lipinski definition) is 5. The highest BCUT2D eigenvalue weighted by Crippen LogP contribution is 2.33. The van der Waals surface area contributed by atoms with Gasteiger partial charge in [-0.3, -0.25) is 14.5 Å². The van der Waals surface area contributed by atoms with E-state index in [0.29, 0.717) is 38.5 Å². The van der Waals surface area contributed by atoms with Gasteiger partial charge in [0.15, 0.2) is 0 Å². The zero-order chi connectivity index (χ0) is 25.8. The fraction of sp³-hybridized carbons (Fsp3) is 0.667. The summed E-state index contributed by atoms with van der Waals surface area (Å²) in [6.45, 7) is 14.5. The second-order valence-electron chi connectivity index (χ2n) is 12.0. The van der Waals surface area contributed by atoms with E-state index in [0.717, 1.165) is 24.4 Å². The number of carbonyl (C=O) groups is 3. The largest absolute Gasteiger partial charge is 0.444 e. The smallest absolute Gasteiger partial charge is 0.410 e. The molecule has 1 unspecified atom stereocenters. The molecule has 3 rings (SSSR count). The van der Waals surface area contributed by atoms with E-state index in [1.54, 1.807) is 4.90 Å². The van der Waals surface area contributed by atoms with Crippen molar-refractivity contribution in [2.75, 3.05) is 26.4 Å². The van der Waals surface area contributed by atoms with Gasteiger partial charge in [0.25, 0.3) is 0 Å². The Kier molecular flexibility index (Phi) is 8.80. The van der Waals surface area contributed by atoms with Crippen LogP contribution in [0.1, 0.15) is 69.4 Å². The first-order chi connectivity index (χ1) is 16.3. The average Bonchev–Trinajstić information content (AvgIpc) is 2.77. The summed E-state index contributed by atoms with van der Waals surface area (Å²) in [5.74, 6) is -0.237. The molecular formula is C27H42N2O5Si. The molecule has 2 fully saturated rings. The minimum atomic E-state index is -1.22. The zero-order valence-corrected chi connectivity index (χ0v) is 23.3. The third-order valence-electron chi connectivity index (χ3n) is 6.69. The maximum absolute atomic E-state index is 13.1. The molecule has 7 nitrogen and oxygen atoms in total. The molecule has 8 heteroatoms. The van der Waals surface area contributed by atoms with E-state index in [2.05, 4.69) is 31.8 Å². The molecule has 0 aromatic heterocycles. The Bertz CT molecular complexity index is 896. The van der Waals surface area contributed by atoms with Gasteiger partial charge < -0.3 is 14.4 Å². The molecule has 1 aromatic carbocycles. The second kappa shape index (κ2) is 11.2. The predicted octanol–water partition coefficient (Wildman–Crippen LogP) is 5.35. The lowest BCUT2D eigenvalue weighted by Crippen LogP contribution is -2.45. The molecule has 194 valence electrons. The molecule has 0 spiro atoms. The SMILES string of the molecule is CC(C)(C)OC(=O)N1CCC(c2ccc(C3CCC(=O)N(COCC[Si](C)(C)C)C3=O)cc2)CC1. The van der Waals surface area contributed by atoms with Crippen molar-refractivity contribution in [2.45, 2.75) is 89.6 Å². The number of hydrogen-bond donors (Lipinski definition) is 0. The van der Waals surface area contributed by atoms with E-state index in [1.165, 1.54) is 10.5 Å². The van der Waals surface area contributed by atoms with Gasteiger partial charge in [-0.2, -0.15) is 0 Å². The summed E-state index contributed by atoms with van der Waals surface area (Å²) < 4.78 is 11.2. The summed E-state index contributed by atoms with van der Waals surface area (Å²) in [4.78, 5) is 40.9. The Labute approximate surface area is 211 Å². The van der Waals surface area contributed by atoms with Gasteiger partial charge in [-0.1, -0.05) is 43.9 Å². The normalized spacial score (nSPS) is 20.3. The summed E-state index contributed by atoms with van der Waals surface area (Å²) in [5, 5.41) is 0. The maximum Gasteiger partial charge on any atom is 0.410 e. The van der Waals surface area contributed by atoms with Crippen molar-refractivity contribution in [3.63, 3.8) is 0 Å². The molecule has 2 aliphatic rings. The van der Waals surface area contributed by atoms with Crippen molar-refractivity contribution in [1.82, 2.24) is 9.80 Å². The van der Waals surface area contributed by atoms with E-state index in [9.17, 15) is 14.4 Å². The Morgan fingerprint density at radius 2 is 1.60 bits per heavy atom. The number of likely N-dealkylation sites (tertiary alicyclic amines) is 2. The minimum Gasteiger partial charge on any atom is -0.444 e. The molecule has 0 N–H and O–H groups in total. The average molecular weight is 503 g/mol. The summed E-state index contributed by atoms with van der Waals surface area (Å²) in [6.07, 6.45) is 2.43. The minimum absolute atomic E-state index is 0.0486. The first kappa shape index (κ1) is 27.4. The standard InChI is InChI=1S/C27H42N2O5Si/c1-27(2,3)34-26(32)28-15-13-21(14-16-28)20-7-9-22(10-8-20)23-11-12-24(30)29(25(23)31)19-33-17-18-35(4,5)6/h7-10,21,23H,11-19H2,1-6H3. The van der Waals surface area contributed by atoms with E-state index >= 15 is 0 Å². The third-order valence-corrected chi connectivity index (χ3v) is 8.39. The molecule has 1 atom stereocenters. The van der Waals surface area contributed by atoms with Gasteiger partial charge in [0.1, 0.15) is 12.3 Å². The van der Waals surface area contributed by atoms with Crippen molar-refractivity contribution in [3.8, 4) is 0 Å². The number of imide groups is 1. The van der Waals surface area contributed by atoms with Crippen LogP contribution in [0.5, 0.6) is 0 Å². The Morgan fingerprint density at radius 1 is 1.00 bits per heavy atom. The maximum atomic E-state index is 13.1. The number of nitrogens with zero attached hydrogens (tertiary/aromatic N) is 2. The molecule has 0 aliphatic carbocycles. The number of benzene rings is 1. The van der Waals surface area contributed by atoms with Crippen molar-refractivity contribution >= 4 is 26.0 Å². The van der Waals surface area contributed by atoms with Crippen molar-refractivity contribution in [2.24, 2.45) is 0 Å². The van der Waals surface area contributed by atoms with Gasteiger partial charge in [0, 0.05) is 34.2 Å². The molecule has 1 aromatic rings. The summed E-state index contributed by atoms with van der Waals surface area (Å²) >= 11 is 0. The molecule has 2 aliphatic heterocycles. The fourth-order valence-electron chi connectivity index (χ4n) is 4.54. The Balaban J connectivity index is 1.55. The van der Waals surface area contributed by atoms with Crippen LogP contribution in [-0.4, -0.2) is 67.8 Å². The van der Waals surface area contributed by atoms with Crippen LogP contribution < -0.4 is 0 Å². The molecule has 35 heavy (non-hydrogen) atoms. The number of piperidine rings is 2. The first-order valence-electron chi connectivity index (χ1n) is 12.8. The van der Waals surface area contributed by atoms with Gasteiger partial charge >= 0.3 is 6.09 Å². The van der Waals surface area contributed by atoms with Crippen molar-refractivity contribution in [3.05, 3.63) is 35.4 Å². The molecule has 2 saturated heterocycles. The van der Waals surface area contributed by atoms with E-state index in [-0.39, 0.29) is 30.6 Å². The molecule has 0 radical (unpaired) electrons. The second-order valence-corrected chi connectivity index (χ2v) is 17.6. The van der Waals surface area contributed by atoms with Crippen LogP contribution in [0.15, 0.2) is 24.3 Å². The number of carbonyl (C=O) groups excluding carboxylic acids is 3. The van der Waals surface area contributed by atoms with Gasteiger partial charge in [-0.25, -0.2) is 4.79 Å². The zero-order valence-electron chi connectivity index (χ0n) is 22.3. The Hall–Kier alpha value is -2.19. The van der Waals surface area contributed by atoms with Crippen LogP contribution in [0.2, 0.25) is 25.7 Å². The predicted molar refractivity (Wildman–Crippen MR) is 139 cm³/mol. The quantitative estimate of drug-likeness (QED) is 0.286. The fourth-order valence-corrected chi connectivity index (χ4v) is 5.30. The lowest BCUT2D eigenvalue weighted by molar-refractivity contribution is -0.155. The number of amides is 3. The molecule has 3 amide bonds. The molecular weight excluding hydrogens is 460 g/mol. The summed E-state index contributed by atoms with van der Waals surface area (Å²) in [7, 11) is -1.22. The van der Waals surface area contributed by atoms with E-state index < -0.39 is 13.7 Å². The monoisotopic (exact) mass is 502 g/mol. The van der Waals surface area contributed by atoms with Crippen LogP contribution in [0, 0.1) is 0 Å². The number of ether oxygens (including phenoxy) is 2. The highest BCUT2D eigenvalue weighted by Gasteiger charge is 2.35. The van der Waals surface area contributed by atoms with Gasteiger partial charge in [-0.15, -0.1) is 0 Å². The topological polar surface area (TPSA) is 76.2 Å².